The van der Waals surface area contributed by atoms with E-state index in [1.165, 1.54) is 19.8 Å². The van der Waals surface area contributed by atoms with Gasteiger partial charge in [0.1, 0.15) is 12.2 Å². The van der Waals surface area contributed by atoms with Crippen LogP contribution in [-0.2, 0) is 23.7 Å². The van der Waals surface area contributed by atoms with Gasteiger partial charge in [0.05, 0.1) is 54.8 Å². The van der Waals surface area contributed by atoms with Crippen LogP contribution < -0.4 is 27.4 Å². The molecule has 10 unspecified atom stereocenters. The minimum absolute atomic E-state index is 0.0237. The summed E-state index contributed by atoms with van der Waals surface area (Å²) in [6.45, 7) is 5.71. The van der Waals surface area contributed by atoms with Crippen LogP contribution in [0.1, 0.15) is 129 Å². The second-order valence-corrected chi connectivity index (χ2v) is 19.7. The molecule has 7 aliphatic rings. The van der Waals surface area contributed by atoms with E-state index < -0.39 is 24.4 Å². The SMILES string of the molecule is CC(=O)O[C@@H]1C[C@@H](C2CC(O)C(O)C(OCCC3CCCNC3)C2)O[C@@H]([C@@H]2CC#C[C@@H]3[C@@H](NC(N)=NCCCC4CCNC(N)C4)CCC[C@H]3OC3CC(CCC3O)C2)C1. The Hall–Kier alpha value is -2.06. The smallest absolute Gasteiger partial charge is 0.302 e. The highest BCUT2D eigenvalue weighted by atomic mass is 16.6. The average Bonchev–Trinajstić information content (AvgIpc) is 3.25. The minimum Gasteiger partial charge on any atom is -0.462 e. The van der Waals surface area contributed by atoms with Gasteiger partial charge in [-0.05, 0) is 152 Å². The molecule has 10 N–H and O–H groups in total. The van der Waals surface area contributed by atoms with Crippen molar-refractivity contribution in [2.75, 3.05) is 32.8 Å². The van der Waals surface area contributed by atoms with E-state index in [9.17, 15) is 20.1 Å². The fourth-order valence-electron chi connectivity index (χ4n) is 11.8. The molecule has 60 heavy (non-hydrogen) atoms. The van der Waals surface area contributed by atoms with Crippen molar-refractivity contribution in [2.45, 2.75) is 196 Å². The lowest BCUT2D eigenvalue weighted by molar-refractivity contribution is -0.189. The van der Waals surface area contributed by atoms with Crippen LogP contribution in [0.5, 0.6) is 0 Å². The van der Waals surface area contributed by atoms with Gasteiger partial charge in [0, 0.05) is 45.4 Å². The molecule has 17 atom stereocenters. The highest BCUT2D eigenvalue weighted by molar-refractivity contribution is 5.78. The summed E-state index contributed by atoms with van der Waals surface area (Å²) in [4.78, 5) is 17.1. The molecule has 7 rings (SSSR count). The van der Waals surface area contributed by atoms with E-state index in [2.05, 4.69) is 27.8 Å². The highest BCUT2D eigenvalue weighted by Gasteiger charge is 2.46. The van der Waals surface area contributed by atoms with Crippen molar-refractivity contribution in [2.24, 2.45) is 52.0 Å². The summed E-state index contributed by atoms with van der Waals surface area (Å²) in [6, 6.07) is -0.0237. The lowest BCUT2D eigenvalue weighted by Gasteiger charge is -2.46. The molecular weight excluding hydrogens is 765 g/mol. The zero-order valence-electron chi connectivity index (χ0n) is 36.3. The number of aliphatic imine (C=N–C) groups is 1. The Kier molecular flexibility index (Phi) is 17.2. The number of aliphatic hydroxyl groups excluding tert-OH is 3. The van der Waals surface area contributed by atoms with Gasteiger partial charge in [-0.2, -0.15) is 0 Å². The molecule has 14 heteroatoms. The minimum atomic E-state index is -0.948. The summed E-state index contributed by atoms with van der Waals surface area (Å²) < 4.78 is 26.2. The third kappa shape index (κ3) is 13.0. The second-order valence-electron chi connectivity index (χ2n) is 19.7. The molecule has 0 spiro atoms. The predicted octanol–water partition coefficient (Wildman–Crippen LogP) is 2.84. The normalized spacial score (nSPS) is 43.0. The maximum Gasteiger partial charge on any atom is 0.302 e. The number of rotatable bonds is 12. The standard InChI is InChI=1S/C46H78N6O8/c1-28(53)58-34-25-40(60-41(26-34)33-23-38(55)45(56)43(24-33)57-19-15-30-7-4-16-49-27-30)32-8-2-9-35-36(52-46(48)51-17-5-6-29-14-18-50-44(47)22-29)10-3-11-39(35)59-42-21-31(20-32)12-13-37(42)54/h29-45,49-50,54-56H,3-8,10-27,47H2,1H3,(H3,48,51,52)/t29?,30?,31?,32-,33?,34+,35-,36+,37?,38?,39-,40-,41+,42?,43?,44?,45?/m1/s1. The third-order valence-corrected chi connectivity index (χ3v) is 15.1. The van der Waals surface area contributed by atoms with E-state index in [0.717, 1.165) is 90.3 Å². The van der Waals surface area contributed by atoms with Crippen LogP contribution in [0.15, 0.2) is 4.99 Å². The second kappa shape index (κ2) is 22.5. The van der Waals surface area contributed by atoms with E-state index in [0.29, 0.717) is 75.4 Å². The number of aliphatic hydroxyl groups is 3. The van der Waals surface area contributed by atoms with Crippen LogP contribution in [-0.4, -0.2) is 127 Å². The fraction of sp³-hybridized carbons (Fsp3) is 0.913. The predicted molar refractivity (Wildman–Crippen MR) is 229 cm³/mol. The number of nitrogens with one attached hydrogen (secondary N) is 3. The van der Waals surface area contributed by atoms with Crippen LogP contribution in [0.2, 0.25) is 0 Å². The number of carbonyl (C=O) groups is 1. The molecule has 3 aliphatic carbocycles. The Morgan fingerprint density at radius 3 is 2.48 bits per heavy atom. The Labute approximate surface area is 358 Å². The number of hydrogen-bond donors (Lipinski definition) is 8. The monoisotopic (exact) mass is 843 g/mol. The van der Waals surface area contributed by atoms with Gasteiger partial charge in [0.15, 0.2) is 5.96 Å². The molecule has 14 nitrogen and oxygen atoms in total. The van der Waals surface area contributed by atoms with Gasteiger partial charge in [-0.3, -0.25) is 9.79 Å². The largest absolute Gasteiger partial charge is 0.462 e. The Morgan fingerprint density at radius 1 is 0.850 bits per heavy atom. The van der Waals surface area contributed by atoms with Gasteiger partial charge in [-0.15, -0.1) is 5.92 Å². The molecule has 4 heterocycles. The van der Waals surface area contributed by atoms with Crippen LogP contribution in [0, 0.1) is 47.3 Å². The van der Waals surface area contributed by atoms with Crippen LogP contribution in [0.4, 0.5) is 0 Å². The Morgan fingerprint density at radius 2 is 1.68 bits per heavy atom. The van der Waals surface area contributed by atoms with Crippen LogP contribution >= 0.6 is 0 Å². The number of fused-ring (bicyclic) bond motifs is 3. The first kappa shape index (κ1) is 45.9. The summed E-state index contributed by atoms with van der Waals surface area (Å²) in [5.41, 5.74) is 12.6. The zero-order valence-corrected chi connectivity index (χ0v) is 36.3. The molecular formula is C46H78N6O8. The number of nitrogens with zero attached hydrogens (tertiary/aromatic N) is 1. The molecule has 0 amide bonds. The van der Waals surface area contributed by atoms with Gasteiger partial charge in [0.25, 0.3) is 0 Å². The molecule has 0 aromatic heterocycles. The quantitative estimate of drug-likeness (QED) is 0.0468. The van der Waals surface area contributed by atoms with Crippen molar-refractivity contribution in [3.63, 3.8) is 0 Å². The number of piperidine rings is 2. The van der Waals surface area contributed by atoms with Crippen LogP contribution in [0.3, 0.4) is 0 Å². The van der Waals surface area contributed by atoms with Crippen molar-refractivity contribution in [3.05, 3.63) is 0 Å². The first-order valence-corrected chi connectivity index (χ1v) is 24.0. The number of esters is 1. The van der Waals surface area contributed by atoms with Gasteiger partial charge >= 0.3 is 5.97 Å². The highest BCUT2D eigenvalue weighted by Crippen LogP contribution is 2.42. The number of nitrogens with two attached hydrogens (primary N) is 2. The fourth-order valence-corrected chi connectivity index (χ4v) is 11.8. The Balaban J connectivity index is 1.04. The summed E-state index contributed by atoms with van der Waals surface area (Å²) in [5.74, 6) is 8.83. The summed E-state index contributed by atoms with van der Waals surface area (Å²) in [7, 11) is 0. The summed E-state index contributed by atoms with van der Waals surface area (Å²) >= 11 is 0. The summed E-state index contributed by atoms with van der Waals surface area (Å²) in [6.07, 6.45) is 12.3. The van der Waals surface area contributed by atoms with Crippen molar-refractivity contribution in [1.29, 1.82) is 0 Å². The number of ether oxygens (including phenoxy) is 4. The van der Waals surface area contributed by atoms with E-state index in [1.54, 1.807) is 0 Å². The van der Waals surface area contributed by atoms with Gasteiger partial charge in [0.2, 0.25) is 0 Å². The molecule has 0 aromatic carbocycles. The molecule has 2 bridgehead atoms. The maximum atomic E-state index is 12.4. The van der Waals surface area contributed by atoms with E-state index in [4.69, 9.17) is 35.4 Å². The van der Waals surface area contributed by atoms with Crippen molar-refractivity contribution < 1.29 is 39.1 Å². The summed E-state index contributed by atoms with van der Waals surface area (Å²) in [5, 5.41) is 43.7. The van der Waals surface area contributed by atoms with Crippen molar-refractivity contribution in [3.8, 4) is 11.8 Å². The van der Waals surface area contributed by atoms with Crippen LogP contribution in [0.25, 0.3) is 0 Å². The molecule has 3 saturated heterocycles. The Bertz CT molecular complexity index is 1440. The maximum absolute atomic E-state index is 12.4. The van der Waals surface area contributed by atoms with E-state index >= 15 is 0 Å². The molecule has 4 aliphatic heterocycles. The number of hydrogen-bond acceptors (Lipinski definition) is 12. The molecule has 3 saturated carbocycles. The first-order valence-electron chi connectivity index (χ1n) is 24.0. The number of guanidine groups is 1. The lowest BCUT2D eigenvalue weighted by Crippen LogP contribution is -2.52. The van der Waals surface area contributed by atoms with E-state index in [1.807, 2.05) is 0 Å². The molecule has 0 aromatic rings. The lowest BCUT2D eigenvalue weighted by atomic mass is 9.74. The van der Waals surface area contributed by atoms with Crippen molar-refractivity contribution in [1.82, 2.24) is 16.0 Å². The van der Waals surface area contributed by atoms with Crippen molar-refractivity contribution >= 4 is 11.9 Å². The molecule has 6 fully saturated rings. The molecule has 340 valence electrons. The van der Waals surface area contributed by atoms with E-state index in [-0.39, 0.29) is 66.5 Å². The average molecular weight is 843 g/mol. The van der Waals surface area contributed by atoms with Gasteiger partial charge < -0.3 is 61.7 Å². The zero-order chi connectivity index (χ0) is 42.0. The van der Waals surface area contributed by atoms with Gasteiger partial charge in [-0.1, -0.05) is 5.92 Å². The number of carbonyl (C=O) groups excluding carboxylic acids is 1. The topological polar surface area (TPSA) is 215 Å². The molecule has 0 radical (unpaired) electrons. The third-order valence-electron chi connectivity index (χ3n) is 15.1. The first-order chi connectivity index (χ1) is 29.1. The van der Waals surface area contributed by atoms with Gasteiger partial charge in [-0.25, -0.2) is 0 Å².